The molecule has 3 aromatic rings. The molecule has 3 aromatic carbocycles. The van der Waals surface area contributed by atoms with Gasteiger partial charge in [-0.1, -0.05) is 60.7 Å². The van der Waals surface area contributed by atoms with Gasteiger partial charge in [0.25, 0.3) is 0 Å². The van der Waals surface area contributed by atoms with Crippen LogP contribution in [-0.4, -0.2) is 76.3 Å². The van der Waals surface area contributed by atoms with E-state index in [-0.39, 0.29) is 29.5 Å². The summed E-state index contributed by atoms with van der Waals surface area (Å²) >= 11 is 1.64. The number of likely N-dealkylation sites (tertiary alicyclic amines) is 1. The molecule has 10 heteroatoms. The lowest BCUT2D eigenvalue weighted by atomic mass is 9.91. The highest BCUT2D eigenvalue weighted by Gasteiger charge is 2.49. The molecule has 0 bridgehead atoms. The molecule has 0 N–H and O–H groups in total. The lowest BCUT2D eigenvalue weighted by Crippen LogP contribution is -2.57. The number of carbonyl (C=O) groups excluding carboxylic acids is 4. The molecule has 3 amide bonds. The van der Waals surface area contributed by atoms with Gasteiger partial charge in [-0.15, -0.1) is 11.8 Å². The highest BCUT2D eigenvalue weighted by Crippen LogP contribution is 2.39. The summed E-state index contributed by atoms with van der Waals surface area (Å²) in [7, 11) is 1.35. The molecule has 0 unspecified atom stereocenters. The predicted molar refractivity (Wildman–Crippen MR) is 180 cm³/mol. The van der Waals surface area contributed by atoms with Crippen LogP contribution in [-0.2, 0) is 43.2 Å². The van der Waals surface area contributed by atoms with E-state index in [1.54, 1.807) is 42.3 Å². The molecular weight excluding hydrogens is 614 g/mol. The zero-order valence-electron chi connectivity index (χ0n) is 27.3. The first-order chi connectivity index (χ1) is 22.5. The van der Waals surface area contributed by atoms with Gasteiger partial charge in [-0.05, 0) is 68.5 Å². The highest BCUT2D eigenvalue weighted by molar-refractivity contribution is 8.00. The molecule has 6 rings (SSSR count). The van der Waals surface area contributed by atoms with Gasteiger partial charge < -0.3 is 19.3 Å². The quantitative estimate of drug-likeness (QED) is 0.318. The van der Waals surface area contributed by atoms with E-state index in [9.17, 15) is 19.2 Å². The van der Waals surface area contributed by atoms with Gasteiger partial charge in [0.2, 0.25) is 11.8 Å². The first-order valence-electron chi connectivity index (χ1n) is 16.1. The molecule has 3 aliphatic rings. The molecule has 0 aromatic heterocycles. The maximum atomic E-state index is 14.7. The zero-order chi connectivity index (χ0) is 33.3. The van der Waals surface area contributed by atoms with E-state index in [4.69, 9.17) is 9.47 Å². The van der Waals surface area contributed by atoms with Crippen LogP contribution in [0.4, 0.5) is 10.5 Å². The normalized spacial score (nSPS) is 22.0. The van der Waals surface area contributed by atoms with E-state index in [0.717, 1.165) is 21.6 Å². The van der Waals surface area contributed by atoms with Crippen LogP contribution in [0.25, 0.3) is 0 Å². The summed E-state index contributed by atoms with van der Waals surface area (Å²) in [5.41, 5.74) is 2.88. The molecule has 3 aliphatic heterocycles. The topological polar surface area (TPSA) is 96.5 Å². The van der Waals surface area contributed by atoms with Crippen LogP contribution in [0, 0.1) is 0 Å². The minimum Gasteiger partial charge on any atom is -0.469 e. The fraction of sp³-hybridized carbons (Fsp3) is 0.405. The number of rotatable bonds is 6. The van der Waals surface area contributed by atoms with Crippen molar-refractivity contribution in [1.29, 1.82) is 0 Å². The summed E-state index contributed by atoms with van der Waals surface area (Å²) in [6, 6.07) is 23.4. The maximum Gasteiger partial charge on any atom is 0.415 e. The molecule has 1 saturated heterocycles. The van der Waals surface area contributed by atoms with Crippen molar-refractivity contribution in [2.45, 2.75) is 86.9 Å². The van der Waals surface area contributed by atoms with Crippen molar-refractivity contribution < 1.29 is 28.7 Å². The van der Waals surface area contributed by atoms with Crippen LogP contribution in [0.1, 0.15) is 50.3 Å². The van der Waals surface area contributed by atoms with Crippen LogP contribution in [0.2, 0.25) is 0 Å². The smallest absolute Gasteiger partial charge is 0.415 e. The Bertz CT molecular complexity index is 1660. The number of ether oxygens (including phenoxy) is 2. The number of anilines is 1. The fourth-order valence-electron chi connectivity index (χ4n) is 6.86. The van der Waals surface area contributed by atoms with Crippen LogP contribution in [0.15, 0.2) is 83.8 Å². The van der Waals surface area contributed by atoms with Crippen LogP contribution in [0.3, 0.4) is 0 Å². The zero-order valence-corrected chi connectivity index (χ0v) is 28.1. The number of hydrogen-bond donors (Lipinski definition) is 0. The molecule has 0 aliphatic carbocycles. The number of amides is 3. The van der Waals surface area contributed by atoms with E-state index in [1.807, 2.05) is 78.9 Å². The Kier molecular flexibility index (Phi) is 9.32. The maximum absolute atomic E-state index is 14.7. The number of carbonyl (C=O) groups is 4. The molecule has 47 heavy (non-hydrogen) atoms. The third-order valence-electron chi connectivity index (χ3n) is 9.00. The third-order valence-corrected chi connectivity index (χ3v) is 10.2. The van der Waals surface area contributed by atoms with Gasteiger partial charge >= 0.3 is 12.1 Å². The van der Waals surface area contributed by atoms with Crippen LogP contribution in [0.5, 0.6) is 0 Å². The number of esters is 1. The summed E-state index contributed by atoms with van der Waals surface area (Å²) in [5.74, 6) is -0.874. The van der Waals surface area contributed by atoms with Crippen molar-refractivity contribution in [2.75, 3.05) is 18.6 Å². The fourth-order valence-corrected chi connectivity index (χ4v) is 8.07. The predicted octanol–water partition coefficient (Wildman–Crippen LogP) is 5.63. The monoisotopic (exact) mass is 655 g/mol. The number of nitrogens with zero attached hydrogens (tertiary/aromatic N) is 3. The third kappa shape index (κ3) is 7.02. The van der Waals surface area contributed by atoms with Gasteiger partial charge in [-0.25, -0.2) is 4.79 Å². The number of hydrogen-bond acceptors (Lipinski definition) is 7. The van der Waals surface area contributed by atoms with E-state index in [0.29, 0.717) is 38.0 Å². The summed E-state index contributed by atoms with van der Waals surface area (Å²) < 4.78 is 10.8. The van der Waals surface area contributed by atoms with E-state index >= 15 is 0 Å². The first-order valence-corrected chi connectivity index (χ1v) is 17.0. The first kappa shape index (κ1) is 32.6. The SMILES string of the molecule is COC(=O)C[C@H]1Cc2ccccc2CN1C(=O)[C@H]1C[C@H](Sc2ccccc2)CN1C(=O)[C@H]1Cc2ccccc2N1C(=O)OC(C)(C)C. The minimum absolute atomic E-state index is 0.0508. The highest BCUT2D eigenvalue weighted by atomic mass is 32.2. The van der Waals surface area contributed by atoms with E-state index in [2.05, 4.69) is 0 Å². The number of methoxy groups -OCH3 is 1. The van der Waals surface area contributed by atoms with Gasteiger partial charge in [0.1, 0.15) is 17.7 Å². The van der Waals surface area contributed by atoms with E-state index in [1.165, 1.54) is 12.0 Å². The molecule has 0 spiro atoms. The Morgan fingerprint density at radius 1 is 0.787 bits per heavy atom. The molecule has 4 atom stereocenters. The van der Waals surface area contributed by atoms with Crippen molar-refractivity contribution in [1.82, 2.24) is 9.80 Å². The molecule has 3 heterocycles. The lowest BCUT2D eigenvalue weighted by Gasteiger charge is -2.40. The number of benzene rings is 3. The molecule has 0 radical (unpaired) electrons. The minimum atomic E-state index is -0.856. The van der Waals surface area contributed by atoms with E-state index < -0.39 is 29.8 Å². The molecule has 1 fully saturated rings. The average Bonchev–Trinajstić information content (AvgIpc) is 3.65. The second-order valence-corrected chi connectivity index (χ2v) is 14.7. The van der Waals surface area contributed by atoms with Gasteiger partial charge in [0.05, 0.1) is 19.2 Å². The average molecular weight is 656 g/mol. The number of para-hydroxylation sites is 1. The van der Waals surface area contributed by atoms with Crippen molar-refractivity contribution in [3.63, 3.8) is 0 Å². The van der Waals surface area contributed by atoms with Crippen LogP contribution >= 0.6 is 11.8 Å². The second kappa shape index (κ2) is 13.4. The second-order valence-electron chi connectivity index (χ2n) is 13.4. The molecular formula is C37H41N3O6S. The summed E-state index contributed by atoms with van der Waals surface area (Å²) in [4.78, 5) is 61.5. The Labute approximate surface area is 280 Å². The Morgan fingerprint density at radius 3 is 2.13 bits per heavy atom. The largest absolute Gasteiger partial charge is 0.469 e. The van der Waals surface area contributed by atoms with Gasteiger partial charge in [-0.3, -0.25) is 19.3 Å². The van der Waals surface area contributed by atoms with Gasteiger partial charge in [0, 0.05) is 35.7 Å². The Morgan fingerprint density at radius 2 is 1.43 bits per heavy atom. The van der Waals surface area contributed by atoms with Crippen molar-refractivity contribution in [2.24, 2.45) is 0 Å². The van der Waals surface area contributed by atoms with Crippen molar-refractivity contribution in [3.05, 3.63) is 95.6 Å². The lowest BCUT2D eigenvalue weighted by molar-refractivity contribution is -0.149. The molecule has 9 nitrogen and oxygen atoms in total. The summed E-state index contributed by atoms with van der Waals surface area (Å²) in [5, 5.41) is -0.0508. The number of thioether (sulfide) groups is 1. The number of fused-ring (bicyclic) bond motifs is 2. The standard InChI is InChI=1S/C37H41N3O6S/c1-37(2,3)46-36(44)40-30-17-11-10-13-25(30)19-32(40)35(43)39-23-29(47-28-15-6-5-7-16-28)21-31(39)34(42)38-22-26-14-9-8-12-24(26)18-27(38)20-33(41)45-4/h5-17,27,29,31-32H,18-23H2,1-4H3/t27-,29+,31-,32-/m1/s1. The van der Waals surface area contributed by atoms with Crippen molar-refractivity contribution in [3.8, 4) is 0 Å². The summed E-state index contributed by atoms with van der Waals surface area (Å²) in [6.45, 7) is 6.07. The van der Waals surface area contributed by atoms with Gasteiger partial charge in [-0.2, -0.15) is 0 Å². The molecule has 0 saturated carbocycles. The molecule has 246 valence electrons. The van der Waals surface area contributed by atoms with Crippen LogP contribution < -0.4 is 4.90 Å². The van der Waals surface area contributed by atoms with Crippen molar-refractivity contribution >= 4 is 41.3 Å². The summed E-state index contributed by atoms with van der Waals surface area (Å²) in [6.07, 6.45) is 0.751. The van der Waals surface area contributed by atoms with Gasteiger partial charge in [0.15, 0.2) is 0 Å². The Balaban J connectivity index is 1.33. The Hall–Kier alpha value is -4.31.